The zero-order valence-electron chi connectivity index (χ0n) is 16.1. The summed E-state index contributed by atoms with van der Waals surface area (Å²) in [6, 6.07) is 3.30. The van der Waals surface area contributed by atoms with Crippen molar-refractivity contribution in [1.82, 2.24) is 0 Å². The quantitative estimate of drug-likeness (QED) is 0.266. The van der Waals surface area contributed by atoms with Crippen LogP contribution in [0.2, 0.25) is 0 Å². The minimum Gasteiger partial charge on any atom is -0.507 e. The van der Waals surface area contributed by atoms with Gasteiger partial charge in [-0.2, -0.15) is 5.10 Å². The van der Waals surface area contributed by atoms with Crippen LogP contribution in [0.5, 0.6) is 5.75 Å². The number of carbonyl (C=O) groups excluding carboxylic acids is 1. The number of allylic oxidation sites excluding steroid dienone is 1. The number of benzene rings is 1. The van der Waals surface area contributed by atoms with Crippen molar-refractivity contribution in [2.24, 2.45) is 16.7 Å². The smallest absolute Gasteiger partial charge is 0.252 e. The predicted octanol–water partition coefficient (Wildman–Crippen LogP) is 0.696. The Morgan fingerprint density at radius 1 is 1.50 bits per heavy atom. The summed E-state index contributed by atoms with van der Waals surface area (Å²) in [5.74, 6) is 4.75. The van der Waals surface area contributed by atoms with Gasteiger partial charge in [0.15, 0.2) is 0 Å². The lowest BCUT2D eigenvalue weighted by molar-refractivity contribution is -0.942. The Morgan fingerprint density at radius 2 is 2.25 bits per heavy atom. The number of carbonyl (C=O) groups is 1. The van der Waals surface area contributed by atoms with E-state index >= 15 is 0 Å². The Labute approximate surface area is 164 Å². The summed E-state index contributed by atoms with van der Waals surface area (Å²) in [5, 5.41) is 27.0. The van der Waals surface area contributed by atoms with E-state index in [-0.39, 0.29) is 17.4 Å². The standard InChI is InChI=1S/C21H26N4O3/c1-3-9-25(2)10-8-20-12-14(24-23)6-7-21(20,28)16(25)11-13-4-5-15(19(22)27)18(26)17(13)20/h3-7,16,28H,1,8-12,23H2,2H3,(H2-,22,26,27)/p+1/t16-,20-,21-,25?/m1/s1. The van der Waals surface area contributed by atoms with Gasteiger partial charge < -0.3 is 26.3 Å². The first kappa shape index (κ1) is 18.7. The number of amides is 1. The molecule has 1 aliphatic heterocycles. The number of aliphatic hydroxyl groups is 1. The first-order valence-electron chi connectivity index (χ1n) is 9.51. The first-order chi connectivity index (χ1) is 13.2. The number of nitrogens with two attached hydrogens (primary N) is 2. The minimum absolute atomic E-state index is 0.0728. The van der Waals surface area contributed by atoms with Gasteiger partial charge in [0, 0.05) is 30.2 Å². The van der Waals surface area contributed by atoms with Gasteiger partial charge in [-0.25, -0.2) is 0 Å². The third kappa shape index (κ3) is 2.17. The maximum absolute atomic E-state index is 12.1. The van der Waals surface area contributed by atoms with Crippen LogP contribution in [0.15, 0.2) is 42.0 Å². The molecule has 7 heteroatoms. The fraction of sp³-hybridized carbons (Fsp3) is 0.429. The van der Waals surface area contributed by atoms with Crippen LogP contribution in [0.3, 0.4) is 0 Å². The SMILES string of the molecule is C=CC[N+]1(C)CC[C@]23CC(=NN)C=C[C@@]2(O)[C@H]1Cc1ccc(C(N)=O)c(O)c13. The molecule has 6 N–H and O–H groups in total. The number of nitrogens with zero attached hydrogens (tertiary/aromatic N) is 2. The number of phenols is 1. The van der Waals surface area contributed by atoms with Gasteiger partial charge in [0.05, 0.1) is 31.4 Å². The molecule has 1 fully saturated rings. The van der Waals surface area contributed by atoms with E-state index in [1.54, 1.807) is 18.2 Å². The van der Waals surface area contributed by atoms with Crippen molar-refractivity contribution in [3.05, 3.63) is 53.6 Å². The lowest BCUT2D eigenvalue weighted by Gasteiger charge is -2.63. The van der Waals surface area contributed by atoms with Gasteiger partial charge in [0.1, 0.15) is 17.4 Å². The van der Waals surface area contributed by atoms with Crippen LogP contribution >= 0.6 is 0 Å². The molecule has 1 unspecified atom stereocenters. The molecule has 7 nitrogen and oxygen atoms in total. The van der Waals surface area contributed by atoms with Crippen LogP contribution in [0.25, 0.3) is 0 Å². The van der Waals surface area contributed by atoms with Gasteiger partial charge in [-0.15, -0.1) is 0 Å². The summed E-state index contributed by atoms with van der Waals surface area (Å²) < 4.78 is 0.652. The van der Waals surface area contributed by atoms with Crippen LogP contribution in [0.4, 0.5) is 0 Å². The highest BCUT2D eigenvalue weighted by molar-refractivity contribution is 5.99. The van der Waals surface area contributed by atoms with Gasteiger partial charge in [-0.1, -0.05) is 12.6 Å². The fourth-order valence-corrected chi connectivity index (χ4v) is 5.82. The molecule has 0 radical (unpaired) electrons. The Balaban J connectivity index is 2.04. The topological polar surface area (TPSA) is 122 Å². The molecule has 148 valence electrons. The average molecular weight is 383 g/mol. The first-order valence-corrected chi connectivity index (χ1v) is 9.51. The van der Waals surface area contributed by atoms with Crippen molar-refractivity contribution in [3.63, 3.8) is 0 Å². The molecule has 1 aromatic rings. The van der Waals surface area contributed by atoms with Crippen LogP contribution < -0.4 is 11.6 Å². The second-order valence-electron chi connectivity index (χ2n) is 8.54. The third-order valence-corrected chi connectivity index (χ3v) is 7.22. The van der Waals surface area contributed by atoms with E-state index in [0.29, 0.717) is 35.0 Å². The number of rotatable bonds is 3. The van der Waals surface area contributed by atoms with E-state index in [2.05, 4.69) is 18.7 Å². The number of fused-ring (bicyclic) bond motifs is 1. The molecule has 1 heterocycles. The van der Waals surface area contributed by atoms with Gasteiger partial charge in [0.2, 0.25) is 0 Å². The molecule has 2 aliphatic carbocycles. The predicted molar refractivity (Wildman–Crippen MR) is 107 cm³/mol. The maximum Gasteiger partial charge on any atom is 0.252 e. The van der Waals surface area contributed by atoms with Gasteiger partial charge in [0.25, 0.3) is 5.91 Å². The molecule has 1 saturated heterocycles. The highest BCUT2D eigenvalue weighted by Crippen LogP contribution is 2.59. The van der Waals surface area contributed by atoms with E-state index in [1.807, 2.05) is 12.1 Å². The van der Waals surface area contributed by atoms with Crippen LogP contribution in [0.1, 0.15) is 34.3 Å². The van der Waals surface area contributed by atoms with Crippen molar-refractivity contribution in [2.75, 3.05) is 20.1 Å². The van der Waals surface area contributed by atoms with E-state index in [0.717, 1.165) is 18.7 Å². The molecule has 0 spiro atoms. The summed E-state index contributed by atoms with van der Waals surface area (Å²) >= 11 is 0. The minimum atomic E-state index is -1.21. The van der Waals surface area contributed by atoms with Crippen molar-refractivity contribution in [1.29, 1.82) is 0 Å². The molecule has 28 heavy (non-hydrogen) atoms. The molecule has 0 aromatic heterocycles. The van der Waals surface area contributed by atoms with Crippen molar-refractivity contribution < 1.29 is 19.5 Å². The van der Waals surface area contributed by atoms with Crippen LogP contribution in [0, 0.1) is 0 Å². The Bertz CT molecular complexity index is 940. The molecule has 3 aliphatic rings. The van der Waals surface area contributed by atoms with E-state index < -0.39 is 16.9 Å². The summed E-state index contributed by atoms with van der Waals surface area (Å²) in [5.41, 5.74) is 5.72. The van der Waals surface area contributed by atoms with Crippen molar-refractivity contribution in [3.8, 4) is 5.75 Å². The van der Waals surface area contributed by atoms with E-state index in [1.165, 1.54) is 0 Å². The fourth-order valence-electron chi connectivity index (χ4n) is 5.82. The zero-order valence-corrected chi connectivity index (χ0v) is 16.1. The highest BCUT2D eigenvalue weighted by atomic mass is 16.3. The lowest BCUT2D eigenvalue weighted by atomic mass is 9.50. The Morgan fingerprint density at radius 3 is 2.89 bits per heavy atom. The average Bonchev–Trinajstić information content (AvgIpc) is 2.64. The zero-order chi connectivity index (χ0) is 20.3. The summed E-state index contributed by atoms with van der Waals surface area (Å²) in [6.45, 7) is 5.43. The lowest BCUT2D eigenvalue weighted by Crippen LogP contribution is -2.77. The number of hydrogen-bond acceptors (Lipinski definition) is 5. The van der Waals surface area contributed by atoms with Crippen molar-refractivity contribution >= 4 is 11.6 Å². The number of primary amides is 1. The molecule has 1 amide bonds. The molecular weight excluding hydrogens is 356 g/mol. The van der Waals surface area contributed by atoms with E-state index in [9.17, 15) is 15.0 Å². The van der Waals surface area contributed by atoms with E-state index in [4.69, 9.17) is 11.6 Å². The van der Waals surface area contributed by atoms with Crippen LogP contribution in [-0.4, -0.2) is 58.1 Å². The third-order valence-electron chi connectivity index (χ3n) is 7.22. The molecular formula is C21H27N4O3+. The van der Waals surface area contributed by atoms with Gasteiger partial charge in [-0.3, -0.25) is 4.79 Å². The largest absolute Gasteiger partial charge is 0.507 e. The number of likely N-dealkylation sites (N-methyl/N-ethyl adjacent to an activating group) is 1. The van der Waals surface area contributed by atoms with Crippen molar-refractivity contribution in [2.45, 2.75) is 36.3 Å². The number of hydrogen-bond donors (Lipinski definition) is 4. The molecule has 0 saturated carbocycles. The van der Waals surface area contributed by atoms with Gasteiger partial charge >= 0.3 is 0 Å². The van der Waals surface area contributed by atoms with Crippen LogP contribution in [-0.2, 0) is 11.8 Å². The molecule has 2 bridgehead atoms. The van der Waals surface area contributed by atoms with Gasteiger partial charge in [-0.05, 0) is 29.9 Å². The monoisotopic (exact) mass is 383 g/mol. The molecule has 1 aromatic carbocycles. The number of likely N-dealkylation sites (tertiary alicyclic amines) is 1. The summed E-state index contributed by atoms with van der Waals surface area (Å²) in [6.07, 6.45) is 7.02. The number of aromatic hydroxyl groups is 1. The summed E-state index contributed by atoms with van der Waals surface area (Å²) in [4.78, 5) is 11.9. The number of piperidine rings is 1. The highest BCUT2D eigenvalue weighted by Gasteiger charge is 2.68. The normalized spacial score (nSPS) is 37.2. The maximum atomic E-state index is 12.1. The number of quaternary nitrogens is 1. The Hall–Kier alpha value is -2.64. The Kier molecular flexibility index (Phi) is 3.96. The molecule has 4 rings (SSSR count). The second kappa shape index (κ2) is 5.93. The summed E-state index contributed by atoms with van der Waals surface area (Å²) in [7, 11) is 2.14. The molecule has 4 atom stereocenters. The second-order valence-corrected chi connectivity index (χ2v) is 8.54. The number of hydrazone groups is 1.